The van der Waals surface area contributed by atoms with Gasteiger partial charge in [-0.1, -0.05) is 18.2 Å². The Morgan fingerprint density at radius 3 is 2.94 bits per heavy atom. The molecule has 1 N–H and O–H groups in total. The van der Waals surface area contributed by atoms with Gasteiger partial charge in [0.05, 0.1) is 0 Å². The molecule has 2 heterocycles. The zero-order valence-electron chi connectivity index (χ0n) is 9.43. The molecule has 0 amide bonds. The number of benzene rings is 1. The SMILES string of the molecule is c1ccc(O[C@@H]2C[C@H]3CNCCN3C2)cc1. The van der Waals surface area contributed by atoms with Crippen molar-refractivity contribution in [1.29, 1.82) is 0 Å². The van der Waals surface area contributed by atoms with Crippen LogP contribution in [0.4, 0.5) is 0 Å². The van der Waals surface area contributed by atoms with E-state index in [1.54, 1.807) is 0 Å². The van der Waals surface area contributed by atoms with Crippen LogP contribution >= 0.6 is 0 Å². The van der Waals surface area contributed by atoms with E-state index in [0.717, 1.165) is 31.8 Å². The maximum absolute atomic E-state index is 6.00. The highest BCUT2D eigenvalue weighted by Crippen LogP contribution is 2.23. The summed E-state index contributed by atoms with van der Waals surface area (Å²) < 4.78 is 6.00. The molecule has 0 aliphatic carbocycles. The molecule has 3 rings (SSSR count). The monoisotopic (exact) mass is 218 g/mol. The Balaban J connectivity index is 1.61. The summed E-state index contributed by atoms with van der Waals surface area (Å²) in [7, 11) is 0. The Morgan fingerprint density at radius 1 is 1.25 bits per heavy atom. The van der Waals surface area contributed by atoms with Gasteiger partial charge in [0.2, 0.25) is 0 Å². The predicted molar refractivity (Wildman–Crippen MR) is 63.7 cm³/mol. The Kier molecular flexibility index (Phi) is 2.80. The van der Waals surface area contributed by atoms with E-state index in [-0.39, 0.29) is 0 Å². The summed E-state index contributed by atoms with van der Waals surface area (Å²) in [4.78, 5) is 2.55. The van der Waals surface area contributed by atoms with Gasteiger partial charge in [-0.3, -0.25) is 4.90 Å². The molecule has 16 heavy (non-hydrogen) atoms. The summed E-state index contributed by atoms with van der Waals surface area (Å²) in [6, 6.07) is 10.8. The number of piperazine rings is 1. The van der Waals surface area contributed by atoms with Gasteiger partial charge in [-0.25, -0.2) is 0 Å². The van der Waals surface area contributed by atoms with E-state index in [1.807, 2.05) is 30.3 Å². The second kappa shape index (κ2) is 4.44. The van der Waals surface area contributed by atoms with Crippen LogP contribution in [0.3, 0.4) is 0 Å². The summed E-state index contributed by atoms with van der Waals surface area (Å²) in [5.41, 5.74) is 0. The fourth-order valence-electron chi connectivity index (χ4n) is 2.69. The Labute approximate surface area is 96.4 Å². The molecule has 0 saturated carbocycles. The molecular formula is C13H18N2O. The maximum atomic E-state index is 6.00. The highest BCUT2D eigenvalue weighted by Gasteiger charge is 2.34. The van der Waals surface area contributed by atoms with Gasteiger partial charge in [0.15, 0.2) is 0 Å². The van der Waals surface area contributed by atoms with Gasteiger partial charge in [0, 0.05) is 38.6 Å². The molecule has 86 valence electrons. The molecule has 2 aliphatic rings. The van der Waals surface area contributed by atoms with Crippen LogP contribution < -0.4 is 10.1 Å². The van der Waals surface area contributed by atoms with Gasteiger partial charge < -0.3 is 10.1 Å². The minimum Gasteiger partial charge on any atom is -0.489 e. The van der Waals surface area contributed by atoms with E-state index in [4.69, 9.17) is 4.74 Å². The van der Waals surface area contributed by atoms with E-state index in [2.05, 4.69) is 10.2 Å². The summed E-state index contributed by atoms with van der Waals surface area (Å²) in [5.74, 6) is 1.00. The molecular weight excluding hydrogens is 200 g/mol. The molecule has 2 saturated heterocycles. The third-order valence-corrected chi connectivity index (χ3v) is 3.49. The fraction of sp³-hybridized carbons (Fsp3) is 0.538. The molecule has 0 unspecified atom stereocenters. The van der Waals surface area contributed by atoms with Crippen LogP contribution in [0, 0.1) is 0 Å². The molecule has 0 bridgehead atoms. The molecule has 2 aliphatic heterocycles. The standard InChI is InChI=1S/C13H18N2O/c1-2-4-12(5-3-1)16-13-8-11-9-14-6-7-15(11)10-13/h1-5,11,13-14H,6-10H2/t11-,13+/m0/s1. The van der Waals surface area contributed by atoms with Crippen molar-refractivity contribution in [3.05, 3.63) is 30.3 Å². The van der Waals surface area contributed by atoms with Crippen molar-refractivity contribution < 1.29 is 4.74 Å². The molecule has 2 atom stereocenters. The van der Waals surface area contributed by atoms with Crippen LogP contribution in [0.5, 0.6) is 5.75 Å². The number of nitrogens with zero attached hydrogens (tertiary/aromatic N) is 1. The lowest BCUT2D eigenvalue weighted by molar-refractivity contribution is 0.186. The van der Waals surface area contributed by atoms with Crippen LogP contribution in [-0.2, 0) is 0 Å². The largest absolute Gasteiger partial charge is 0.489 e. The second-order valence-corrected chi connectivity index (χ2v) is 4.64. The number of hydrogen-bond acceptors (Lipinski definition) is 3. The lowest BCUT2D eigenvalue weighted by Crippen LogP contribution is -2.47. The topological polar surface area (TPSA) is 24.5 Å². The number of hydrogen-bond donors (Lipinski definition) is 1. The van der Waals surface area contributed by atoms with Crippen molar-refractivity contribution in [2.24, 2.45) is 0 Å². The first-order valence-electron chi connectivity index (χ1n) is 6.08. The van der Waals surface area contributed by atoms with E-state index in [1.165, 1.54) is 6.54 Å². The van der Waals surface area contributed by atoms with Gasteiger partial charge in [0.1, 0.15) is 11.9 Å². The highest BCUT2D eigenvalue weighted by molar-refractivity contribution is 5.21. The lowest BCUT2D eigenvalue weighted by Gasteiger charge is -2.29. The first-order valence-corrected chi connectivity index (χ1v) is 6.08. The van der Waals surface area contributed by atoms with Crippen LogP contribution in [0.15, 0.2) is 30.3 Å². The average Bonchev–Trinajstić information content (AvgIpc) is 2.72. The molecule has 2 fully saturated rings. The van der Waals surface area contributed by atoms with Gasteiger partial charge >= 0.3 is 0 Å². The van der Waals surface area contributed by atoms with E-state index >= 15 is 0 Å². The van der Waals surface area contributed by atoms with Crippen LogP contribution in [0.2, 0.25) is 0 Å². The number of ether oxygens (including phenoxy) is 1. The van der Waals surface area contributed by atoms with Gasteiger partial charge in [-0.2, -0.15) is 0 Å². The maximum Gasteiger partial charge on any atom is 0.119 e. The van der Waals surface area contributed by atoms with Gasteiger partial charge in [0.25, 0.3) is 0 Å². The lowest BCUT2D eigenvalue weighted by atomic mass is 10.2. The Bertz CT molecular complexity index is 327. The molecule has 0 radical (unpaired) electrons. The molecule has 3 heteroatoms. The van der Waals surface area contributed by atoms with Crippen LogP contribution in [0.1, 0.15) is 6.42 Å². The second-order valence-electron chi connectivity index (χ2n) is 4.64. The van der Waals surface area contributed by atoms with Crippen molar-refractivity contribution in [1.82, 2.24) is 10.2 Å². The van der Waals surface area contributed by atoms with Crippen molar-refractivity contribution >= 4 is 0 Å². The average molecular weight is 218 g/mol. The minimum absolute atomic E-state index is 0.368. The number of para-hydroxylation sites is 1. The van der Waals surface area contributed by atoms with Crippen LogP contribution in [0.25, 0.3) is 0 Å². The van der Waals surface area contributed by atoms with Crippen molar-refractivity contribution in [2.75, 3.05) is 26.2 Å². The highest BCUT2D eigenvalue weighted by atomic mass is 16.5. The number of nitrogens with one attached hydrogen (secondary N) is 1. The summed E-state index contributed by atoms with van der Waals surface area (Å²) in [6.07, 6.45) is 1.52. The van der Waals surface area contributed by atoms with Gasteiger partial charge in [-0.15, -0.1) is 0 Å². The third kappa shape index (κ3) is 2.06. The van der Waals surface area contributed by atoms with Crippen molar-refractivity contribution in [3.63, 3.8) is 0 Å². The smallest absolute Gasteiger partial charge is 0.119 e. The number of fused-ring (bicyclic) bond motifs is 1. The van der Waals surface area contributed by atoms with E-state index < -0.39 is 0 Å². The first kappa shape index (κ1) is 10.1. The van der Waals surface area contributed by atoms with Crippen molar-refractivity contribution in [3.8, 4) is 5.75 Å². The van der Waals surface area contributed by atoms with Crippen LogP contribution in [-0.4, -0.2) is 43.2 Å². The first-order chi connectivity index (χ1) is 7.92. The molecule has 0 spiro atoms. The number of rotatable bonds is 2. The van der Waals surface area contributed by atoms with E-state index in [9.17, 15) is 0 Å². The van der Waals surface area contributed by atoms with Gasteiger partial charge in [-0.05, 0) is 12.1 Å². The minimum atomic E-state index is 0.368. The predicted octanol–water partition coefficient (Wildman–Crippen LogP) is 1.11. The Hall–Kier alpha value is -1.06. The summed E-state index contributed by atoms with van der Waals surface area (Å²) in [5, 5.41) is 3.44. The summed E-state index contributed by atoms with van der Waals surface area (Å²) in [6.45, 7) is 4.49. The van der Waals surface area contributed by atoms with Crippen molar-refractivity contribution in [2.45, 2.75) is 18.6 Å². The zero-order valence-corrected chi connectivity index (χ0v) is 9.43. The zero-order chi connectivity index (χ0) is 10.8. The normalized spacial score (nSPS) is 30.0. The molecule has 0 aromatic heterocycles. The fourth-order valence-corrected chi connectivity index (χ4v) is 2.69. The summed E-state index contributed by atoms with van der Waals surface area (Å²) >= 11 is 0. The molecule has 3 nitrogen and oxygen atoms in total. The molecule has 1 aromatic rings. The third-order valence-electron chi connectivity index (χ3n) is 3.49. The Morgan fingerprint density at radius 2 is 2.12 bits per heavy atom. The quantitative estimate of drug-likeness (QED) is 0.805. The molecule has 1 aromatic carbocycles. The van der Waals surface area contributed by atoms with E-state index in [0.29, 0.717) is 12.1 Å².